The van der Waals surface area contributed by atoms with E-state index in [2.05, 4.69) is 134 Å². The first-order valence-electron chi connectivity index (χ1n) is 11.4. The first-order chi connectivity index (χ1) is 16.2. The molecule has 0 aliphatic carbocycles. The third-order valence-corrected chi connectivity index (χ3v) is 12.5. The maximum atomic E-state index is 2.47. The Morgan fingerprint density at radius 2 is 1.03 bits per heavy atom. The van der Waals surface area contributed by atoms with E-state index in [4.69, 9.17) is 0 Å². The van der Waals surface area contributed by atoms with Crippen LogP contribution in [-0.2, 0) is 0 Å². The molecule has 1 aromatic heterocycles. The fourth-order valence-electron chi connectivity index (χ4n) is 5.04. The van der Waals surface area contributed by atoms with Crippen LogP contribution < -0.4 is 15.6 Å². The van der Waals surface area contributed by atoms with Gasteiger partial charge in [0.2, 0.25) is 0 Å². The minimum atomic E-state index is -2.08. The molecule has 0 saturated carbocycles. The molecule has 0 radical (unpaired) electrons. The van der Waals surface area contributed by atoms with Gasteiger partial charge >= 0.3 is 0 Å². The van der Waals surface area contributed by atoms with Crippen LogP contribution in [-0.4, -0.2) is 8.07 Å². The van der Waals surface area contributed by atoms with Crippen LogP contribution in [0.1, 0.15) is 0 Å². The van der Waals surface area contributed by atoms with Crippen molar-refractivity contribution in [1.82, 2.24) is 0 Å². The summed E-state index contributed by atoms with van der Waals surface area (Å²) < 4.78 is 2.70. The van der Waals surface area contributed by atoms with Crippen molar-refractivity contribution in [1.29, 1.82) is 0 Å². The molecule has 1 heterocycles. The molecule has 0 nitrogen and oxygen atoms in total. The van der Waals surface area contributed by atoms with Gasteiger partial charge in [-0.2, -0.15) is 0 Å². The summed E-state index contributed by atoms with van der Waals surface area (Å²) >= 11 is 1.88. The Morgan fingerprint density at radius 3 is 1.70 bits per heavy atom. The van der Waals surface area contributed by atoms with Crippen molar-refractivity contribution in [3.63, 3.8) is 0 Å². The van der Waals surface area contributed by atoms with Gasteiger partial charge in [0.25, 0.3) is 0 Å². The Kier molecular flexibility index (Phi) is 4.98. The van der Waals surface area contributed by atoms with Crippen LogP contribution in [0.2, 0.25) is 6.55 Å². The van der Waals surface area contributed by atoms with E-state index in [-0.39, 0.29) is 0 Å². The molecule has 0 saturated heterocycles. The second-order valence-corrected chi connectivity index (χ2v) is 13.8. The molecule has 6 aromatic rings. The lowest BCUT2D eigenvalue weighted by molar-refractivity contribution is 1.65. The van der Waals surface area contributed by atoms with Gasteiger partial charge in [-0.3, -0.25) is 0 Å². The fourth-order valence-corrected chi connectivity index (χ4v) is 9.73. The lowest BCUT2D eigenvalue weighted by Gasteiger charge is -2.29. The van der Waals surface area contributed by atoms with E-state index < -0.39 is 8.07 Å². The molecular weight excluding hydrogens is 432 g/mol. The first kappa shape index (κ1) is 20.2. The van der Waals surface area contributed by atoms with Crippen LogP contribution in [0.5, 0.6) is 0 Å². The van der Waals surface area contributed by atoms with Gasteiger partial charge in [0.1, 0.15) is 8.07 Å². The monoisotopic (exact) mass is 456 g/mol. The molecule has 5 aromatic carbocycles. The summed E-state index contributed by atoms with van der Waals surface area (Å²) in [6.45, 7) is 2.47. The highest BCUT2D eigenvalue weighted by Crippen LogP contribution is 2.39. The summed E-state index contributed by atoms with van der Waals surface area (Å²) in [7, 11) is -2.08. The molecule has 0 atom stereocenters. The molecule has 33 heavy (non-hydrogen) atoms. The van der Waals surface area contributed by atoms with Gasteiger partial charge in [-0.1, -0.05) is 122 Å². The number of benzene rings is 5. The second kappa shape index (κ2) is 8.15. The Morgan fingerprint density at radius 1 is 0.485 bits per heavy atom. The van der Waals surface area contributed by atoms with E-state index in [0.717, 1.165) is 0 Å². The van der Waals surface area contributed by atoms with Crippen molar-refractivity contribution in [3.05, 3.63) is 127 Å². The Balaban J connectivity index is 1.51. The predicted molar refractivity (Wildman–Crippen MR) is 148 cm³/mol. The van der Waals surface area contributed by atoms with Crippen LogP contribution >= 0.6 is 11.3 Å². The van der Waals surface area contributed by atoms with Gasteiger partial charge in [-0.15, -0.1) is 11.3 Å². The number of hydrogen-bond donors (Lipinski definition) is 0. The standard InChI is InChI=1S/C31H24SSi/c1-33(24-11-4-2-5-12-24,25-13-6-3-7-14-25)26-21-19-23(20-22-26)27-16-10-18-30-31(27)28-15-8-9-17-29(28)32-30/h2-22H,1H3. The highest BCUT2D eigenvalue weighted by Gasteiger charge is 2.33. The average molecular weight is 457 g/mol. The zero-order valence-electron chi connectivity index (χ0n) is 18.5. The SMILES string of the molecule is C[Si](c1ccccc1)(c1ccccc1)c1ccc(-c2cccc3sc4ccccc4c23)cc1. The molecule has 0 fully saturated rings. The number of hydrogen-bond acceptors (Lipinski definition) is 1. The first-order valence-corrected chi connectivity index (χ1v) is 14.7. The number of thiophene rings is 1. The Labute approximate surface area is 199 Å². The summed E-state index contributed by atoms with van der Waals surface area (Å²) in [5.41, 5.74) is 2.60. The molecule has 0 spiro atoms. The maximum Gasteiger partial charge on any atom is 0.145 e. The van der Waals surface area contributed by atoms with Gasteiger partial charge in [-0.05, 0) is 38.8 Å². The number of rotatable bonds is 4. The van der Waals surface area contributed by atoms with Gasteiger partial charge in [0, 0.05) is 20.2 Å². The maximum absolute atomic E-state index is 2.47. The minimum absolute atomic E-state index is 1.28. The second-order valence-electron chi connectivity index (χ2n) is 8.71. The van der Waals surface area contributed by atoms with E-state index >= 15 is 0 Å². The topological polar surface area (TPSA) is 0 Å². The molecule has 0 amide bonds. The van der Waals surface area contributed by atoms with E-state index in [1.807, 2.05) is 11.3 Å². The molecule has 2 heteroatoms. The van der Waals surface area contributed by atoms with Gasteiger partial charge in [0.15, 0.2) is 0 Å². The summed E-state index contributed by atoms with van der Waals surface area (Å²) in [6.07, 6.45) is 0. The average Bonchev–Trinajstić information content (AvgIpc) is 3.28. The lowest BCUT2D eigenvalue weighted by Crippen LogP contribution is -2.64. The van der Waals surface area contributed by atoms with E-state index in [1.54, 1.807) is 0 Å². The van der Waals surface area contributed by atoms with Crippen LogP contribution in [0.4, 0.5) is 0 Å². The zero-order chi connectivity index (χ0) is 22.3. The highest BCUT2D eigenvalue weighted by molar-refractivity contribution is 7.26. The quantitative estimate of drug-likeness (QED) is 0.202. The van der Waals surface area contributed by atoms with E-state index in [0.29, 0.717) is 0 Å². The molecule has 6 rings (SSSR count). The largest absolute Gasteiger partial charge is 0.145 e. The zero-order valence-corrected chi connectivity index (χ0v) is 20.3. The van der Waals surface area contributed by atoms with E-state index in [1.165, 1.54) is 46.9 Å². The highest BCUT2D eigenvalue weighted by atomic mass is 32.1. The lowest BCUT2D eigenvalue weighted by atomic mass is 10.00. The van der Waals surface area contributed by atoms with Gasteiger partial charge in [0.05, 0.1) is 0 Å². The van der Waals surface area contributed by atoms with Crippen LogP contribution in [0.3, 0.4) is 0 Å². The summed E-state index contributed by atoms with van der Waals surface area (Å²) in [4.78, 5) is 0. The molecular formula is C31H24SSi. The molecule has 0 bridgehead atoms. The molecule has 0 aliphatic heterocycles. The van der Waals surface area contributed by atoms with Crippen LogP contribution in [0, 0.1) is 0 Å². The van der Waals surface area contributed by atoms with Gasteiger partial charge in [-0.25, -0.2) is 0 Å². The number of fused-ring (bicyclic) bond motifs is 3. The molecule has 0 unspecified atom stereocenters. The van der Waals surface area contributed by atoms with Crippen LogP contribution in [0.25, 0.3) is 31.3 Å². The smallest absolute Gasteiger partial charge is 0.135 e. The predicted octanol–water partition coefficient (Wildman–Crippen LogP) is 6.82. The fraction of sp³-hybridized carbons (Fsp3) is 0.0323. The van der Waals surface area contributed by atoms with Crippen molar-refractivity contribution in [3.8, 4) is 11.1 Å². The third kappa shape index (κ3) is 3.34. The third-order valence-electron chi connectivity index (χ3n) is 6.88. The van der Waals surface area contributed by atoms with E-state index in [9.17, 15) is 0 Å². The van der Waals surface area contributed by atoms with Crippen molar-refractivity contribution < 1.29 is 0 Å². The normalized spacial score (nSPS) is 11.8. The van der Waals surface area contributed by atoms with Crippen LogP contribution in [0.15, 0.2) is 127 Å². The Hall–Kier alpha value is -3.46. The molecule has 0 N–H and O–H groups in total. The molecule has 158 valence electrons. The van der Waals surface area contributed by atoms with Crippen molar-refractivity contribution in [2.75, 3.05) is 0 Å². The van der Waals surface area contributed by atoms with Crippen molar-refractivity contribution in [2.24, 2.45) is 0 Å². The summed E-state index contributed by atoms with van der Waals surface area (Å²) in [5, 5.41) is 7.04. The minimum Gasteiger partial charge on any atom is -0.135 e. The summed E-state index contributed by atoms with van der Waals surface area (Å²) in [5.74, 6) is 0. The van der Waals surface area contributed by atoms with Crippen molar-refractivity contribution in [2.45, 2.75) is 6.55 Å². The van der Waals surface area contributed by atoms with Gasteiger partial charge < -0.3 is 0 Å². The molecule has 0 aliphatic rings. The van der Waals surface area contributed by atoms with Crippen molar-refractivity contribution >= 4 is 55.1 Å². The summed E-state index contributed by atoms with van der Waals surface area (Å²) in [6, 6.07) is 46.9. The Bertz CT molecular complexity index is 1510.